The van der Waals surface area contributed by atoms with E-state index in [1.807, 2.05) is 6.92 Å². The molecule has 90 valence electrons. The molecule has 2 aliphatic rings. The summed E-state index contributed by atoms with van der Waals surface area (Å²) in [6, 6.07) is 0. The highest BCUT2D eigenvalue weighted by Crippen LogP contribution is 2.44. The minimum Gasteiger partial charge on any atom is -0.458 e. The van der Waals surface area contributed by atoms with Gasteiger partial charge in [0.1, 0.15) is 5.60 Å². The van der Waals surface area contributed by atoms with Crippen LogP contribution in [0.15, 0.2) is 0 Å². The first-order chi connectivity index (χ1) is 7.68. The standard InChI is InChI=1S/C12H19NO3/c1-2-13-11(15)9-8-10(14)16-12(9)6-4-3-5-7-12/h9H,2-8H2,1H3,(H,13,15)/t9-/m0/s1. The van der Waals surface area contributed by atoms with Gasteiger partial charge in [-0.3, -0.25) is 9.59 Å². The van der Waals surface area contributed by atoms with Gasteiger partial charge in [0.25, 0.3) is 0 Å². The van der Waals surface area contributed by atoms with Crippen LogP contribution in [0.25, 0.3) is 0 Å². The van der Waals surface area contributed by atoms with Gasteiger partial charge in [-0.15, -0.1) is 0 Å². The maximum Gasteiger partial charge on any atom is 0.307 e. The van der Waals surface area contributed by atoms with E-state index in [0.29, 0.717) is 6.54 Å². The fraction of sp³-hybridized carbons (Fsp3) is 0.833. The van der Waals surface area contributed by atoms with Gasteiger partial charge in [-0.1, -0.05) is 6.42 Å². The Labute approximate surface area is 95.7 Å². The Balaban J connectivity index is 2.14. The average Bonchev–Trinajstić information content (AvgIpc) is 2.57. The van der Waals surface area contributed by atoms with Crippen molar-refractivity contribution in [2.45, 2.75) is 51.0 Å². The van der Waals surface area contributed by atoms with E-state index in [-0.39, 0.29) is 24.2 Å². The molecule has 2 rings (SSSR count). The van der Waals surface area contributed by atoms with Crippen molar-refractivity contribution in [1.29, 1.82) is 0 Å². The maximum atomic E-state index is 11.9. The van der Waals surface area contributed by atoms with E-state index in [0.717, 1.165) is 25.7 Å². The molecular weight excluding hydrogens is 206 g/mol. The zero-order valence-electron chi connectivity index (χ0n) is 9.75. The highest BCUT2D eigenvalue weighted by Gasteiger charge is 2.52. The molecule has 4 heteroatoms. The van der Waals surface area contributed by atoms with Crippen molar-refractivity contribution in [2.24, 2.45) is 5.92 Å². The number of carbonyl (C=O) groups is 2. The van der Waals surface area contributed by atoms with E-state index < -0.39 is 5.60 Å². The number of nitrogens with one attached hydrogen (secondary N) is 1. The minimum absolute atomic E-state index is 0.0183. The van der Waals surface area contributed by atoms with E-state index in [4.69, 9.17) is 4.74 Å². The Morgan fingerprint density at radius 2 is 2.12 bits per heavy atom. The number of hydrogen-bond donors (Lipinski definition) is 1. The highest BCUT2D eigenvalue weighted by atomic mass is 16.6. The second-order valence-corrected chi connectivity index (χ2v) is 4.75. The number of ether oxygens (including phenoxy) is 1. The summed E-state index contributed by atoms with van der Waals surface area (Å²) in [7, 11) is 0. The van der Waals surface area contributed by atoms with E-state index in [1.54, 1.807) is 0 Å². The van der Waals surface area contributed by atoms with Crippen molar-refractivity contribution in [1.82, 2.24) is 5.32 Å². The van der Waals surface area contributed by atoms with Crippen LogP contribution in [0.5, 0.6) is 0 Å². The van der Waals surface area contributed by atoms with Gasteiger partial charge in [0.15, 0.2) is 0 Å². The van der Waals surface area contributed by atoms with Crippen LogP contribution in [0.4, 0.5) is 0 Å². The molecule has 16 heavy (non-hydrogen) atoms. The van der Waals surface area contributed by atoms with Crippen LogP contribution in [0.1, 0.15) is 45.4 Å². The minimum atomic E-state index is -0.478. The summed E-state index contributed by atoms with van der Waals surface area (Å²) >= 11 is 0. The SMILES string of the molecule is CCNC(=O)[C@@H]1CC(=O)OC12CCCCC2. The molecule has 0 aromatic heterocycles. The lowest BCUT2D eigenvalue weighted by atomic mass is 9.75. The molecule has 1 aliphatic carbocycles. The zero-order valence-corrected chi connectivity index (χ0v) is 9.75. The third kappa shape index (κ3) is 1.93. The summed E-state index contributed by atoms with van der Waals surface area (Å²) in [5, 5.41) is 2.81. The first-order valence-corrected chi connectivity index (χ1v) is 6.17. The van der Waals surface area contributed by atoms with E-state index in [2.05, 4.69) is 5.32 Å². The van der Waals surface area contributed by atoms with E-state index >= 15 is 0 Å². The zero-order chi connectivity index (χ0) is 11.6. The monoisotopic (exact) mass is 225 g/mol. The molecule has 0 radical (unpaired) electrons. The predicted octanol–water partition coefficient (Wildman–Crippen LogP) is 1.39. The molecule has 1 aliphatic heterocycles. The van der Waals surface area contributed by atoms with Crippen molar-refractivity contribution in [2.75, 3.05) is 6.54 Å². The second kappa shape index (κ2) is 4.44. The summed E-state index contributed by atoms with van der Waals surface area (Å²) < 4.78 is 5.47. The van der Waals surface area contributed by atoms with Crippen molar-refractivity contribution < 1.29 is 14.3 Å². The van der Waals surface area contributed by atoms with Crippen LogP contribution in [-0.2, 0) is 14.3 Å². The van der Waals surface area contributed by atoms with Gasteiger partial charge in [0.2, 0.25) is 5.91 Å². The molecular formula is C12H19NO3. The first kappa shape index (κ1) is 11.4. The van der Waals surface area contributed by atoms with Gasteiger partial charge in [-0.2, -0.15) is 0 Å². The van der Waals surface area contributed by atoms with Crippen LogP contribution in [-0.4, -0.2) is 24.0 Å². The first-order valence-electron chi connectivity index (χ1n) is 6.17. The summed E-state index contributed by atoms with van der Waals surface area (Å²) in [6.07, 6.45) is 5.25. The number of amides is 1. The number of hydrogen-bond acceptors (Lipinski definition) is 3. The van der Waals surface area contributed by atoms with Gasteiger partial charge >= 0.3 is 5.97 Å². The quantitative estimate of drug-likeness (QED) is 0.722. The van der Waals surface area contributed by atoms with Crippen molar-refractivity contribution in [3.05, 3.63) is 0 Å². The third-order valence-corrected chi connectivity index (χ3v) is 3.69. The lowest BCUT2D eigenvalue weighted by Gasteiger charge is -2.35. The van der Waals surface area contributed by atoms with Gasteiger partial charge in [-0.25, -0.2) is 0 Å². The van der Waals surface area contributed by atoms with E-state index in [9.17, 15) is 9.59 Å². The van der Waals surface area contributed by atoms with Crippen molar-refractivity contribution in [3.63, 3.8) is 0 Å². The largest absolute Gasteiger partial charge is 0.458 e. The molecule has 2 fully saturated rings. The smallest absolute Gasteiger partial charge is 0.307 e. The third-order valence-electron chi connectivity index (χ3n) is 3.69. The lowest BCUT2D eigenvalue weighted by Crippen LogP contribution is -2.45. The lowest BCUT2D eigenvalue weighted by molar-refractivity contribution is -0.153. The van der Waals surface area contributed by atoms with Crippen molar-refractivity contribution in [3.8, 4) is 0 Å². The predicted molar refractivity (Wildman–Crippen MR) is 58.7 cm³/mol. The molecule has 1 saturated carbocycles. The van der Waals surface area contributed by atoms with Crippen LogP contribution in [0.3, 0.4) is 0 Å². The Bertz CT molecular complexity index is 295. The molecule has 1 atom stereocenters. The Kier molecular flexibility index (Phi) is 3.17. The molecule has 1 heterocycles. The molecule has 1 N–H and O–H groups in total. The average molecular weight is 225 g/mol. The van der Waals surface area contributed by atoms with Gasteiger partial charge in [-0.05, 0) is 32.6 Å². The fourth-order valence-corrected chi connectivity index (χ4v) is 2.92. The molecule has 0 unspecified atom stereocenters. The summed E-state index contributed by atoms with van der Waals surface area (Å²) in [5.74, 6) is -0.492. The molecule has 0 aromatic carbocycles. The van der Waals surface area contributed by atoms with Crippen LogP contribution < -0.4 is 5.32 Å². The Morgan fingerprint density at radius 3 is 2.75 bits per heavy atom. The van der Waals surface area contributed by atoms with Crippen LogP contribution in [0, 0.1) is 5.92 Å². The Hall–Kier alpha value is -1.06. The molecule has 0 bridgehead atoms. The summed E-state index contributed by atoms with van der Waals surface area (Å²) in [4.78, 5) is 23.4. The second-order valence-electron chi connectivity index (χ2n) is 4.75. The number of rotatable bonds is 2. The normalized spacial score (nSPS) is 27.8. The topological polar surface area (TPSA) is 55.4 Å². The van der Waals surface area contributed by atoms with Gasteiger partial charge in [0, 0.05) is 6.54 Å². The summed E-state index contributed by atoms with van der Waals surface area (Å²) in [6.45, 7) is 2.50. The molecule has 1 saturated heterocycles. The van der Waals surface area contributed by atoms with E-state index in [1.165, 1.54) is 6.42 Å². The molecule has 1 amide bonds. The number of carbonyl (C=O) groups excluding carboxylic acids is 2. The maximum absolute atomic E-state index is 11.9. The highest BCUT2D eigenvalue weighted by molar-refractivity contribution is 5.87. The van der Waals surface area contributed by atoms with Crippen LogP contribution >= 0.6 is 0 Å². The molecule has 4 nitrogen and oxygen atoms in total. The van der Waals surface area contributed by atoms with Gasteiger partial charge in [0.05, 0.1) is 12.3 Å². The Morgan fingerprint density at radius 1 is 1.44 bits per heavy atom. The number of esters is 1. The van der Waals surface area contributed by atoms with Gasteiger partial charge < -0.3 is 10.1 Å². The summed E-state index contributed by atoms with van der Waals surface area (Å²) in [5.41, 5.74) is -0.478. The molecule has 0 aromatic rings. The van der Waals surface area contributed by atoms with Crippen molar-refractivity contribution >= 4 is 11.9 Å². The molecule has 1 spiro atoms. The van der Waals surface area contributed by atoms with Crippen LogP contribution in [0.2, 0.25) is 0 Å². The fourth-order valence-electron chi connectivity index (χ4n) is 2.92.